The molecule has 0 aliphatic carbocycles. The maximum Gasteiger partial charge on any atom is 0.322 e. The molecule has 0 unspecified atom stereocenters. The Balaban J connectivity index is 3.09. The average molecular weight is 321 g/mol. The van der Waals surface area contributed by atoms with E-state index in [1.165, 1.54) is 18.2 Å². The average Bonchev–Trinajstić information content (AvgIpc) is 2.26. The van der Waals surface area contributed by atoms with Gasteiger partial charge in [0.2, 0.25) is 15.9 Å². The van der Waals surface area contributed by atoms with Gasteiger partial charge in [0.05, 0.1) is 11.4 Å². The molecule has 20 heavy (non-hydrogen) atoms. The molecule has 1 atom stereocenters. The van der Waals surface area contributed by atoms with Crippen LogP contribution in [0.5, 0.6) is 0 Å². The standard InChI is InChI=1S/C11H13ClN2O5S/c1-6-2-3-9(7(12)4-6)20(18,19)14-8(11(16)17)5-10(13)15/h2-4,8,14H,5H2,1H3,(H2,13,15)(H,16,17)/t8-/m1/s1. The first kappa shape index (κ1) is 16.4. The van der Waals surface area contributed by atoms with Gasteiger partial charge in [0, 0.05) is 0 Å². The molecule has 1 aromatic rings. The van der Waals surface area contributed by atoms with Gasteiger partial charge in [-0.25, -0.2) is 8.42 Å². The number of aryl methyl sites for hydroxylation is 1. The highest BCUT2D eigenvalue weighted by Crippen LogP contribution is 2.22. The van der Waals surface area contributed by atoms with E-state index in [2.05, 4.69) is 0 Å². The first-order valence-electron chi connectivity index (χ1n) is 5.43. The number of rotatable bonds is 6. The van der Waals surface area contributed by atoms with E-state index < -0.39 is 34.4 Å². The zero-order valence-corrected chi connectivity index (χ0v) is 12.0. The third-order valence-corrected chi connectivity index (χ3v) is 4.33. The summed E-state index contributed by atoms with van der Waals surface area (Å²) in [5, 5.41) is 8.84. The lowest BCUT2D eigenvalue weighted by Gasteiger charge is -2.14. The van der Waals surface area contributed by atoms with Gasteiger partial charge in [-0.1, -0.05) is 17.7 Å². The Labute approximate surface area is 120 Å². The maximum atomic E-state index is 12.0. The summed E-state index contributed by atoms with van der Waals surface area (Å²) in [7, 11) is -4.17. The van der Waals surface area contributed by atoms with E-state index in [1.807, 2.05) is 4.72 Å². The van der Waals surface area contributed by atoms with Crippen LogP contribution in [0.2, 0.25) is 5.02 Å². The van der Waals surface area contributed by atoms with E-state index >= 15 is 0 Å². The van der Waals surface area contributed by atoms with E-state index in [9.17, 15) is 18.0 Å². The Morgan fingerprint density at radius 2 is 2.05 bits per heavy atom. The number of benzene rings is 1. The van der Waals surface area contributed by atoms with Gasteiger partial charge in [-0.3, -0.25) is 9.59 Å². The zero-order chi connectivity index (χ0) is 15.5. The second-order valence-corrected chi connectivity index (χ2v) is 6.21. The molecular formula is C11H13ClN2O5S. The Morgan fingerprint density at radius 3 is 2.50 bits per heavy atom. The van der Waals surface area contributed by atoms with Crippen molar-refractivity contribution in [2.24, 2.45) is 5.73 Å². The highest BCUT2D eigenvalue weighted by atomic mass is 35.5. The van der Waals surface area contributed by atoms with Crippen molar-refractivity contribution in [1.29, 1.82) is 0 Å². The van der Waals surface area contributed by atoms with Gasteiger partial charge in [0.1, 0.15) is 10.9 Å². The van der Waals surface area contributed by atoms with Crippen LogP contribution in [0.4, 0.5) is 0 Å². The number of carboxylic acids is 1. The number of nitrogens with two attached hydrogens (primary N) is 1. The molecule has 9 heteroatoms. The molecule has 0 heterocycles. The topological polar surface area (TPSA) is 127 Å². The molecule has 0 aromatic heterocycles. The molecule has 0 aliphatic rings. The predicted molar refractivity (Wildman–Crippen MR) is 71.7 cm³/mol. The quantitative estimate of drug-likeness (QED) is 0.692. The van der Waals surface area contributed by atoms with Crippen molar-refractivity contribution in [3.8, 4) is 0 Å². The fourth-order valence-electron chi connectivity index (χ4n) is 1.46. The molecule has 0 aliphatic heterocycles. The molecule has 0 spiro atoms. The Morgan fingerprint density at radius 1 is 1.45 bits per heavy atom. The minimum absolute atomic E-state index is 0.0410. The highest BCUT2D eigenvalue weighted by Gasteiger charge is 2.28. The fourth-order valence-corrected chi connectivity index (χ4v) is 3.24. The van der Waals surface area contributed by atoms with Gasteiger partial charge in [0.25, 0.3) is 0 Å². The summed E-state index contributed by atoms with van der Waals surface area (Å²) in [6, 6.07) is 2.56. The van der Waals surface area contributed by atoms with Gasteiger partial charge in [-0.2, -0.15) is 4.72 Å². The molecule has 0 radical (unpaired) electrons. The van der Waals surface area contributed by atoms with E-state index in [0.717, 1.165) is 5.56 Å². The van der Waals surface area contributed by atoms with Crippen molar-refractivity contribution >= 4 is 33.5 Å². The van der Waals surface area contributed by atoms with E-state index in [1.54, 1.807) is 6.92 Å². The molecular weight excluding hydrogens is 308 g/mol. The number of hydrogen-bond acceptors (Lipinski definition) is 4. The van der Waals surface area contributed by atoms with Crippen LogP contribution in [0.25, 0.3) is 0 Å². The molecule has 1 amide bonds. The molecule has 7 nitrogen and oxygen atoms in total. The summed E-state index contributed by atoms with van der Waals surface area (Å²) in [6.45, 7) is 1.73. The molecule has 110 valence electrons. The minimum Gasteiger partial charge on any atom is -0.480 e. The van der Waals surface area contributed by atoms with Crippen LogP contribution in [-0.2, 0) is 19.6 Å². The summed E-state index contributed by atoms with van der Waals surface area (Å²) in [5.74, 6) is -2.44. The SMILES string of the molecule is Cc1ccc(S(=O)(=O)N[C@H](CC(N)=O)C(=O)O)c(Cl)c1. The number of carbonyl (C=O) groups excluding carboxylic acids is 1. The van der Waals surface area contributed by atoms with Gasteiger partial charge in [-0.15, -0.1) is 0 Å². The summed E-state index contributed by atoms with van der Waals surface area (Å²) in [4.78, 5) is 21.4. The molecule has 0 saturated heterocycles. The summed E-state index contributed by atoms with van der Waals surface area (Å²) in [5.41, 5.74) is 5.63. The Kier molecular flexibility index (Phi) is 5.09. The number of carboxylic acid groups (broad SMARTS) is 1. The zero-order valence-electron chi connectivity index (χ0n) is 10.5. The van der Waals surface area contributed by atoms with E-state index in [0.29, 0.717) is 0 Å². The number of nitrogens with one attached hydrogen (secondary N) is 1. The molecule has 1 aromatic carbocycles. The number of hydrogen-bond donors (Lipinski definition) is 3. The van der Waals surface area contributed by atoms with Crippen molar-refractivity contribution in [1.82, 2.24) is 4.72 Å². The lowest BCUT2D eigenvalue weighted by Crippen LogP contribution is -2.43. The number of primary amides is 1. The Hall–Kier alpha value is -1.64. The van der Waals surface area contributed by atoms with Crippen molar-refractivity contribution in [3.63, 3.8) is 0 Å². The molecule has 0 bridgehead atoms. The second kappa shape index (κ2) is 6.21. The number of aliphatic carboxylic acids is 1. The maximum absolute atomic E-state index is 12.0. The van der Waals surface area contributed by atoms with Gasteiger partial charge in [0.15, 0.2) is 0 Å². The van der Waals surface area contributed by atoms with Crippen LogP contribution >= 0.6 is 11.6 Å². The van der Waals surface area contributed by atoms with E-state index in [4.69, 9.17) is 22.4 Å². The fraction of sp³-hybridized carbons (Fsp3) is 0.273. The van der Waals surface area contributed by atoms with Crippen LogP contribution in [0.1, 0.15) is 12.0 Å². The molecule has 4 N–H and O–H groups in total. The normalized spacial score (nSPS) is 12.9. The lowest BCUT2D eigenvalue weighted by atomic mass is 10.2. The largest absolute Gasteiger partial charge is 0.480 e. The number of halogens is 1. The van der Waals surface area contributed by atoms with Crippen molar-refractivity contribution in [3.05, 3.63) is 28.8 Å². The smallest absolute Gasteiger partial charge is 0.322 e. The molecule has 0 fully saturated rings. The van der Waals surface area contributed by atoms with Gasteiger partial charge >= 0.3 is 5.97 Å². The third kappa shape index (κ3) is 4.19. The first-order valence-corrected chi connectivity index (χ1v) is 7.29. The van der Waals surface area contributed by atoms with Crippen LogP contribution in [0, 0.1) is 6.92 Å². The Bertz CT molecular complexity index is 644. The second-order valence-electron chi connectivity index (χ2n) is 4.12. The van der Waals surface area contributed by atoms with E-state index in [-0.39, 0.29) is 9.92 Å². The monoisotopic (exact) mass is 320 g/mol. The van der Waals surface area contributed by atoms with Crippen LogP contribution < -0.4 is 10.5 Å². The number of amides is 1. The lowest BCUT2D eigenvalue weighted by molar-refractivity contribution is -0.140. The predicted octanol–water partition coefficient (Wildman–Crippen LogP) is 0.255. The summed E-state index contributed by atoms with van der Waals surface area (Å²) in [6.07, 6.45) is -0.655. The van der Waals surface area contributed by atoms with Gasteiger partial charge < -0.3 is 10.8 Å². The highest BCUT2D eigenvalue weighted by molar-refractivity contribution is 7.89. The van der Waals surface area contributed by atoms with Crippen molar-refractivity contribution < 1.29 is 23.1 Å². The summed E-state index contributed by atoms with van der Waals surface area (Å²) < 4.78 is 26.0. The van der Waals surface area contributed by atoms with Crippen molar-refractivity contribution in [2.75, 3.05) is 0 Å². The summed E-state index contributed by atoms with van der Waals surface area (Å²) >= 11 is 5.82. The van der Waals surface area contributed by atoms with Crippen LogP contribution in [0.3, 0.4) is 0 Å². The van der Waals surface area contributed by atoms with Crippen LogP contribution in [-0.4, -0.2) is 31.4 Å². The number of carbonyl (C=O) groups is 2. The van der Waals surface area contributed by atoms with Crippen LogP contribution in [0.15, 0.2) is 23.1 Å². The number of sulfonamides is 1. The molecule has 1 rings (SSSR count). The third-order valence-electron chi connectivity index (χ3n) is 2.38. The minimum atomic E-state index is -4.17. The first-order chi connectivity index (χ1) is 9.13. The molecule has 0 saturated carbocycles. The van der Waals surface area contributed by atoms with Crippen molar-refractivity contribution in [2.45, 2.75) is 24.3 Å². The van der Waals surface area contributed by atoms with Gasteiger partial charge in [-0.05, 0) is 24.6 Å².